The normalized spacial score (nSPS) is 16.6. The van der Waals surface area contributed by atoms with Crippen LogP contribution in [0.2, 0.25) is 0 Å². The third-order valence-electron chi connectivity index (χ3n) is 4.24. The van der Waals surface area contributed by atoms with Crippen LogP contribution in [0.15, 0.2) is 35.2 Å². The van der Waals surface area contributed by atoms with Crippen molar-refractivity contribution in [3.8, 4) is 5.75 Å². The van der Waals surface area contributed by atoms with Gasteiger partial charge < -0.3 is 14.8 Å². The van der Waals surface area contributed by atoms with Crippen molar-refractivity contribution in [3.63, 3.8) is 0 Å². The molecule has 0 bridgehead atoms. The average molecular weight is 430 g/mol. The lowest BCUT2D eigenvalue weighted by Crippen LogP contribution is -2.36. The van der Waals surface area contributed by atoms with Crippen LogP contribution in [0.25, 0.3) is 0 Å². The standard InChI is InChI=1S/C18H17F3N2O5S/c1-27-16-13(20)12(19)14(21)17(29(25,26)23-11-7-8-28-9-11)15(16)22-18(24)10-5-3-2-4-6-10/h2-6,11,23H,7-9H2,1H3,(H,22,24)/t11-/m0/s1. The second-order valence-electron chi connectivity index (χ2n) is 6.18. The number of hydrogen-bond acceptors (Lipinski definition) is 5. The Bertz CT molecular complexity index is 1030. The predicted octanol–water partition coefficient (Wildman–Crippen LogP) is 2.43. The highest BCUT2D eigenvalue weighted by Gasteiger charge is 2.36. The number of methoxy groups -OCH3 is 1. The molecule has 1 heterocycles. The molecule has 1 aliphatic heterocycles. The molecule has 0 aromatic heterocycles. The zero-order chi connectivity index (χ0) is 21.2. The van der Waals surface area contributed by atoms with Crippen LogP contribution in [0.4, 0.5) is 18.9 Å². The number of nitrogens with one attached hydrogen (secondary N) is 2. The SMILES string of the molecule is COc1c(F)c(F)c(F)c(S(=O)(=O)N[C@H]2CCOC2)c1NC(=O)c1ccccc1. The van der Waals surface area contributed by atoms with Gasteiger partial charge in [-0.05, 0) is 18.6 Å². The summed E-state index contributed by atoms with van der Waals surface area (Å²) in [7, 11) is -3.78. The van der Waals surface area contributed by atoms with Crippen molar-refractivity contribution in [1.82, 2.24) is 4.72 Å². The van der Waals surface area contributed by atoms with Crippen LogP contribution in [-0.2, 0) is 14.8 Å². The van der Waals surface area contributed by atoms with Crippen LogP contribution in [0.1, 0.15) is 16.8 Å². The first-order valence-corrected chi connectivity index (χ1v) is 9.95. The molecule has 1 aliphatic rings. The smallest absolute Gasteiger partial charge is 0.255 e. The Morgan fingerprint density at radius 2 is 1.83 bits per heavy atom. The minimum atomic E-state index is -4.71. The Kier molecular flexibility index (Phi) is 6.10. The molecule has 11 heteroatoms. The molecular weight excluding hydrogens is 413 g/mol. The fourth-order valence-electron chi connectivity index (χ4n) is 2.86. The molecule has 1 atom stereocenters. The van der Waals surface area contributed by atoms with Crippen molar-refractivity contribution in [2.24, 2.45) is 0 Å². The molecule has 1 amide bonds. The Labute approximate surface area is 164 Å². The Morgan fingerprint density at radius 1 is 1.14 bits per heavy atom. The van der Waals surface area contributed by atoms with Gasteiger partial charge in [0.25, 0.3) is 5.91 Å². The molecular formula is C18H17F3N2O5S. The number of carbonyl (C=O) groups excluding carboxylic acids is 1. The van der Waals surface area contributed by atoms with E-state index >= 15 is 0 Å². The molecule has 7 nitrogen and oxygen atoms in total. The fraction of sp³-hybridized carbons (Fsp3) is 0.278. The van der Waals surface area contributed by atoms with Gasteiger partial charge in [0.05, 0.1) is 13.7 Å². The van der Waals surface area contributed by atoms with Crippen LogP contribution in [0, 0.1) is 17.5 Å². The second-order valence-corrected chi connectivity index (χ2v) is 7.83. The summed E-state index contributed by atoms with van der Waals surface area (Å²) in [5, 5.41) is 2.13. The van der Waals surface area contributed by atoms with Crippen molar-refractivity contribution in [2.75, 3.05) is 25.6 Å². The van der Waals surface area contributed by atoms with E-state index in [1.54, 1.807) is 6.07 Å². The minimum absolute atomic E-state index is 0.0351. The van der Waals surface area contributed by atoms with E-state index in [2.05, 4.69) is 10.0 Å². The Hall–Kier alpha value is -2.63. The number of hydrogen-bond donors (Lipinski definition) is 2. The third-order valence-corrected chi connectivity index (χ3v) is 5.80. The summed E-state index contributed by atoms with van der Waals surface area (Å²) in [6.07, 6.45) is 0.313. The molecule has 2 aromatic rings. The molecule has 156 valence electrons. The highest BCUT2D eigenvalue weighted by Crippen LogP contribution is 2.39. The van der Waals surface area contributed by atoms with E-state index in [0.29, 0.717) is 6.42 Å². The molecule has 0 unspecified atom stereocenters. The maximum absolute atomic E-state index is 14.6. The van der Waals surface area contributed by atoms with E-state index < -0.39 is 55.8 Å². The summed E-state index contributed by atoms with van der Waals surface area (Å²) in [5.41, 5.74) is -0.760. The lowest BCUT2D eigenvalue weighted by molar-refractivity contribution is 0.102. The Morgan fingerprint density at radius 3 is 2.41 bits per heavy atom. The first-order chi connectivity index (χ1) is 13.8. The van der Waals surface area contributed by atoms with Gasteiger partial charge in [0.15, 0.2) is 17.4 Å². The van der Waals surface area contributed by atoms with Crippen LogP contribution in [-0.4, -0.2) is 40.7 Å². The first-order valence-electron chi connectivity index (χ1n) is 8.47. The third kappa shape index (κ3) is 4.21. The number of anilines is 1. The van der Waals surface area contributed by atoms with E-state index in [-0.39, 0.29) is 18.8 Å². The molecule has 0 aliphatic carbocycles. The van der Waals surface area contributed by atoms with Gasteiger partial charge in [0.1, 0.15) is 10.6 Å². The zero-order valence-electron chi connectivity index (χ0n) is 15.2. The molecule has 29 heavy (non-hydrogen) atoms. The average Bonchev–Trinajstić information content (AvgIpc) is 3.19. The number of sulfonamides is 1. The maximum atomic E-state index is 14.6. The van der Waals surface area contributed by atoms with Gasteiger partial charge in [-0.25, -0.2) is 21.9 Å². The summed E-state index contributed by atoms with van der Waals surface area (Å²) in [5.74, 6) is -7.59. The quantitative estimate of drug-likeness (QED) is 0.687. The van der Waals surface area contributed by atoms with Gasteiger partial charge >= 0.3 is 0 Å². The maximum Gasteiger partial charge on any atom is 0.255 e. The van der Waals surface area contributed by atoms with Crippen molar-refractivity contribution < 1.29 is 35.9 Å². The molecule has 0 saturated carbocycles. The van der Waals surface area contributed by atoms with E-state index in [4.69, 9.17) is 9.47 Å². The summed E-state index contributed by atoms with van der Waals surface area (Å²) in [6.45, 7) is 0.321. The van der Waals surface area contributed by atoms with Gasteiger partial charge in [-0.15, -0.1) is 0 Å². The van der Waals surface area contributed by atoms with E-state index in [9.17, 15) is 26.4 Å². The molecule has 2 aromatic carbocycles. The van der Waals surface area contributed by atoms with Crippen molar-refractivity contribution in [2.45, 2.75) is 17.4 Å². The monoisotopic (exact) mass is 430 g/mol. The molecule has 1 fully saturated rings. The second kappa shape index (κ2) is 8.39. The summed E-state index contributed by atoms with van der Waals surface area (Å²) in [6, 6.07) is 6.84. The van der Waals surface area contributed by atoms with Crippen LogP contribution in [0.5, 0.6) is 5.75 Å². The molecule has 2 N–H and O–H groups in total. The minimum Gasteiger partial charge on any atom is -0.491 e. The highest BCUT2D eigenvalue weighted by molar-refractivity contribution is 7.89. The summed E-state index contributed by atoms with van der Waals surface area (Å²) >= 11 is 0. The molecule has 1 saturated heterocycles. The molecule has 0 radical (unpaired) electrons. The van der Waals surface area contributed by atoms with Crippen molar-refractivity contribution in [1.29, 1.82) is 0 Å². The largest absolute Gasteiger partial charge is 0.491 e. The number of ether oxygens (including phenoxy) is 2. The van der Waals surface area contributed by atoms with Gasteiger partial charge in [0, 0.05) is 18.2 Å². The number of carbonyl (C=O) groups is 1. The number of benzene rings is 2. The molecule has 0 spiro atoms. The van der Waals surface area contributed by atoms with Crippen molar-refractivity contribution in [3.05, 3.63) is 53.3 Å². The van der Waals surface area contributed by atoms with Gasteiger partial charge in [0.2, 0.25) is 15.8 Å². The fourth-order valence-corrected chi connectivity index (χ4v) is 4.34. The Balaban J connectivity index is 2.13. The molecule has 3 rings (SSSR count). The van der Waals surface area contributed by atoms with Gasteiger partial charge in [-0.3, -0.25) is 4.79 Å². The zero-order valence-corrected chi connectivity index (χ0v) is 16.0. The number of rotatable bonds is 6. The van der Waals surface area contributed by atoms with E-state index in [0.717, 1.165) is 7.11 Å². The van der Waals surface area contributed by atoms with E-state index in [1.807, 2.05) is 0 Å². The lowest BCUT2D eigenvalue weighted by atomic mass is 10.2. The highest BCUT2D eigenvalue weighted by atomic mass is 32.2. The van der Waals surface area contributed by atoms with Crippen LogP contribution < -0.4 is 14.8 Å². The predicted molar refractivity (Wildman–Crippen MR) is 96.8 cm³/mol. The summed E-state index contributed by atoms with van der Waals surface area (Å²) < 4.78 is 80.4. The number of halogens is 3. The van der Waals surface area contributed by atoms with Gasteiger partial charge in [-0.2, -0.15) is 4.39 Å². The summed E-state index contributed by atoms with van der Waals surface area (Å²) in [4.78, 5) is 11.2. The van der Waals surface area contributed by atoms with Gasteiger partial charge in [-0.1, -0.05) is 18.2 Å². The number of amides is 1. The topological polar surface area (TPSA) is 93.7 Å². The van der Waals surface area contributed by atoms with Crippen LogP contribution >= 0.6 is 0 Å². The van der Waals surface area contributed by atoms with Crippen molar-refractivity contribution >= 4 is 21.6 Å². The van der Waals surface area contributed by atoms with E-state index in [1.165, 1.54) is 24.3 Å². The lowest BCUT2D eigenvalue weighted by Gasteiger charge is -2.19. The van der Waals surface area contributed by atoms with Crippen LogP contribution in [0.3, 0.4) is 0 Å². The first kappa shape index (κ1) is 21.1.